The Balaban J connectivity index is 1.83. The Kier molecular flexibility index (Phi) is 3.69. The average molecular weight is 313 g/mol. The van der Waals surface area contributed by atoms with E-state index in [4.69, 9.17) is 11.6 Å². The van der Waals surface area contributed by atoms with E-state index in [0.29, 0.717) is 12.0 Å². The highest BCUT2D eigenvalue weighted by molar-refractivity contribution is 6.31. The Morgan fingerprint density at radius 3 is 2.59 bits per heavy atom. The van der Waals surface area contributed by atoms with Gasteiger partial charge in [0.2, 0.25) is 0 Å². The highest BCUT2D eigenvalue weighted by atomic mass is 35.5. The Labute approximate surface area is 137 Å². The Morgan fingerprint density at radius 2 is 1.77 bits per heavy atom. The summed E-state index contributed by atoms with van der Waals surface area (Å²) in [6, 6.07) is 17.7. The molecule has 2 aromatic carbocycles. The first-order valence-corrected chi connectivity index (χ1v) is 8.37. The Hall–Kier alpha value is -1.35. The molecule has 114 valence electrons. The van der Waals surface area contributed by atoms with E-state index in [1.807, 2.05) is 6.07 Å². The van der Waals surface area contributed by atoms with Gasteiger partial charge in [-0.1, -0.05) is 54.1 Å². The van der Waals surface area contributed by atoms with Crippen LogP contribution in [0.15, 0.2) is 48.5 Å². The van der Waals surface area contributed by atoms with Gasteiger partial charge < -0.3 is 4.90 Å². The first kappa shape index (κ1) is 14.3. The van der Waals surface area contributed by atoms with Gasteiger partial charge in [-0.15, -0.1) is 0 Å². The van der Waals surface area contributed by atoms with Crippen LogP contribution >= 0.6 is 11.6 Å². The molecule has 1 saturated heterocycles. The molecule has 0 amide bonds. The summed E-state index contributed by atoms with van der Waals surface area (Å²) < 4.78 is 0. The van der Waals surface area contributed by atoms with Gasteiger partial charge in [0, 0.05) is 43.2 Å². The SMILES string of the molecule is CN1CCN2C[C@@H](c3ccccc3)c3cccc(Cl)c3[C@@H]2C1. The third kappa shape index (κ3) is 2.36. The Morgan fingerprint density at radius 1 is 0.955 bits per heavy atom. The van der Waals surface area contributed by atoms with Crippen LogP contribution in [0.3, 0.4) is 0 Å². The van der Waals surface area contributed by atoms with Crippen molar-refractivity contribution < 1.29 is 0 Å². The van der Waals surface area contributed by atoms with Crippen LogP contribution in [0.4, 0.5) is 0 Å². The summed E-state index contributed by atoms with van der Waals surface area (Å²) in [5.74, 6) is 0.426. The van der Waals surface area contributed by atoms with Gasteiger partial charge in [-0.2, -0.15) is 0 Å². The van der Waals surface area contributed by atoms with Crippen LogP contribution in [-0.2, 0) is 0 Å². The molecule has 2 aliphatic heterocycles. The van der Waals surface area contributed by atoms with Gasteiger partial charge in [0.1, 0.15) is 0 Å². The quantitative estimate of drug-likeness (QED) is 0.791. The lowest BCUT2D eigenvalue weighted by Crippen LogP contribution is -2.50. The van der Waals surface area contributed by atoms with E-state index in [1.165, 1.54) is 16.7 Å². The number of halogens is 1. The van der Waals surface area contributed by atoms with E-state index in [2.05, 4.69) is 59.3 Å². The number of piperazine rings is 1. The zero-order chi connectivity index (χ0) is 15.1. The van der Waals surface area contributed by atoms with E-state index >= 15 is 0 Å². The molecule has 0 saturated carbocycles. The molecule has 0 aromatic heterocycles. The summed E-state index contributed by atoms with van der Waals surface area (Å²) in [4.78, 5) is 5.03. The number of hydrogen-bond acceptors (Lipinski definition) is 2. The molecule has 0 bridgehead atoms. The summed E-state index contributed by atoms with van der Waals surface area (Å²) in [6.07, 6.45) is 0. The molecule has 2 atom stereocenters. The molecular formula is C19H21ClN2. The topological polar surface area (TPSA) is 6.48 Å². The number of nitrogens with zero attached hydrogens (tertiary/aromatic N) is 2. The summed E-state index contributed by atoms with van der Waals surface area (Å²) in [5, 5.41) is 0.920. The predicted molar refractivity (Wildman–Crippen MR) is 91.5 cm³/mol. The van der Waals surface area contributed by atoms with E-state index in [0.717, 1.165) is 31.2 Å². The molecule has 0 aliphatic carbocycles. The van der Waals surface area contributed by atoms with Crippen LogP contribution in [0.5, 0.6) is 0 Å². The van der Waals surface area contributed by atoms with Gasteiger partial charge >= 0.3 is 0 Å². The molecule has 2 aromatic rings. The van der Waals surface area contributed by atoms with Crippen molar-refractivity contribution >= 4 is 11.6 Å². The maximum absolute atomic E-state index is 6.62. The lowest BCUT2D eigenvalue weighted by atomic mass is 9.80. The van der Waals surface area contributed by atoms with Gasteiger partial charge in [-0.25, -0.2) is 0 Å². The predicted octanol–water partition coefficient (Wildman–Crippen LogP) is 3.77. The van der Waals surface area contributed by atoms with Gasteiger partial charge in [0.15, 0.2) is 0 Å². The van der Waals surface area contributed by atoms with E-state index in [1.54, 1.807) is 0 Å². The highest BCUT2D eigenvalue weighted by Crippen LogP contribution is 2.43. The zero-order valence-corrected chi connectivity index (χ0v) is 13.6. The van der Waals surface area contributed by atoms with Crippen LogP contribution in [0.2, 0.25) is 5.02 Å². The second kappa shape index (κ2) is 5.69. The second-order valence-corrected chi connectivity index (χ2v) is 6.89. The molecule has 22 heavy (non-hydrogen) atoms. The number of hydrogen-bond donors (Lipinski definition) is 0. The molecule has 2 aliphatic rings. The van der Waals surface area contributed by atoms with Gasteiger partial charge in [-0.3, -0.25) is 4.90 Å². The minimum atomic E-state index is 0.426. The number of rotatable bonds is 1. The van der Waals surface area contributed by atoms with Crippen molar-refractivity contribution in [2.45, 2.75) is 12.0 Å². The normalized spacial score (nSPS) is 25.5. The fraction of sp³-hybridized carbons (Fsp3) is 0.368. The molecule has 3 heteroatoms. The standard InChI is InChI=1S/C19H21ClN2/c1-21-10-11-22-12-16(14-6-3-2-4-7-14)15-8-5-9-17(20)19(15)18(22)13-21/h2-9,16,18H,10-13H2,1H3/t16-,18-/m0/s1. The molecule has 0 N–H and O–H groups in total. The first-order valence-electron chi connectivity index (χ1n) is 8.00. The van der Waals surface area contributed by atoms with E-state index in [9.17, 15) is 0 Å². The molecule has 0 radical (unpaired) electrons. The van der Waals surface area contributed by atoms with Crippen molar-refractivity contribution in [3.63, 3.8) is 0 Å². The number of fused-ring (bicyclic) bond motifs is 3. The summed E-state index contributed by atoms with van der Waals surface area (Å²) in [6.45, 7) is 4.42. The summed E-state index contributed by atoms with van der Waals surface area (Å²) in [5.41, 5.74) is 4.15. The third-order valence-electron chi connectivity index (χ3n) is 5.11. The van der Waals surface area contributed by atoms with Crippen LogP contribution < -0.4 is 0 Å². The van der Waals surface area contributed by atoms with Crippen LogP contribution in [0.1, 0.15) is 28.7 Å². The smallest absolute Gasteiger partial charge is 0.0493 e. The monoisotopic (exact) mass is 312 g/mol. The van der Waals surface area contributed by atoms with E-state index < -0.39 is 0 Å². The lowest BCUT2D eigenvalue weighted by Gasteiger charge is -2.47. The largest absolute Gasteiger partial charge is 0.303 e. The maximum Gasteiger partial charge on any atom is 0.0493 e. The van der Waals surface area contributed by atoms with Crippen molar-refractivity contribution in [2.75, 3.05) is 33.2 Å². The van der Waals surface area contributed by atoms with E-state index in [-0.39, 0.29) is 0 Å². The number of benzene rings is 2. The molecule has 4 rings (SSSR count). The molecular weight excluding hydrogens is 292 g/mol. The third-order valence-corrected chi connectivity index (χ3v) is 5.44. The second-order valence-electron chi connectivity index (χ2n) is 6.48. The van der Waals surface area contributed by atoms with Crippen LogP contribution in [0, 0.1) is 0 Å². The van der Waals surface area contributed by atoms with Crippen LogP contribution in [0.25, 0.3) is 0 Å². The first-order chi connectivity index (χ1) is 10.7. The maximum atomic E-state index is 6.62. The van der Waals surface area contributed by atoms with Crippen molar-refractivity contribution in [1.29, 1.82) is 0 Å². The van der Waals surface area contributed by atoms with Gasteiger partial charge in [0.05, 0.1) is 0 Å². The average Bonchev–Trinajstić information content (AvgIpc) is 2.55. The minimum absolute atomic E-state index is 0.426. The summed E-state index contributed by atoms with van der Waals surface area (Å²) >= 11 is 6.62. The number of likely N-dealkylation sites (N-methyl/N-ethyl adjacent to an activating group) is 1. The molecule has 0 spiro atoms. The summed E-state index contributed by atoms with van der Waals surface area (Å²) in [7, 11) is 2.21. The van der Waals surface area contributed by atoms with Crippen molar-refractivity contribution in [2.24, 2.45) is 0 Å². The lowest BCUT2D eigenvalue weighted by molar-refractivity contribution is 0.0773. The van der Waals surface area contributed by atoms with Gasteiger partial charge in [-0.05, 0) is 29.8 Å². The molecule has 0 unspecified atom stereocenters. The fourth-order valence-corrected chi connectivity index (χ4v) is 4.27. The fourth-order valence-electron chi connectivity index (χ4n) is 3.96. The highest BCUT2D eigenvalue weighted by Gasteiger charge is 2.37. The van der Waals surface area contributed by atoms with Crippen molar-refractivity contribution in [1.82, 2.24) is 9.80 Å². The van der Waals surface area contributed by atoms with Crippen LogP contribution in [-0.4, -0.2) is 43.0 Å². The Bertz CT molecular complexity index is 670. The zero-order valence-electron chi connectivity index (χ0n) is 12.9. The molecule has 2 heterocycles. The van der Waals surface area contributed by atoms with Gasteiger partial charge in [0.25, 0.3) is 0 Å². The van der Waals surface area contributed by atoms with Crippen molar-refractivity contribution in [3.05, 3.63) is 70.2 Å². The molecule has 1 fully saturated rings. The van der Waals surface area contributed by atoms with Crippen molar-refractivity contribution in [3.8, 4) is 0 Å². The molecule has 2 nitrogen and oxygen atoms in total. The minimum Gasteiger partial charge on any atom is -0.303 e.